The predicted molar refractivity (Wildman–Crippen MR) is 98.8 cm³/mol. The number of nitrogens with one attached hydrogen (secondary N) is 1. The normalized spacial score (nSPS) is 10.3. The fourth-order valence-corrected chi connectivity index (χ4v) is 2.62. The molecule has 27 heavy (non-hydrogen) atoms. The number of rotatable bonds is 8. The molecule has 0 heterocycles. The van der Waals surface area contributed by atoms with Gasteiger partial charge in [0.2, 0.25) is 5.91 Å². The van der Waals surface area contributed by atoms with Crippen molar-refractivity contribution < 1.29 is 23.9 Å². The van der Waals surface area contributed by atoms with Crippen molar-refractivity contribution in [3.05, 3.63) is 65.5 Å². The largest absolute Gasteiger partial charge is 0.481 e. The van der Waals surface area contributed by atoms with E-state index < -0.39 is 17.7 Å². The van der Waals surface area contributed by atoms with Crippen LogP contribution in [-0.2, 0) is 16.1 Å². The molecule has 0 aliphatic heterocycles. The topological polar surface area (TPSA) is 86.7 Å². The number of carbonyl (C=O) groups is 3. The zero-order valence-electron chi connectivity index (χ0n) is 14.9. The average molecular weight is 372 g/mol. The first kappa shape index (κ1) is 20.1. The first-order valence-corrected chi connectivity index (χ1v) is 8.49. The molecule has 2 N–H and O–H groups in total. The van der Waals surface area contributed by atoms with Crippen LogP contribution in [-0.4, -0.2) is 34.3 Å². The van der Waals surface area contributed by atoms with E-state index >= 15 is 0 Å². The quantitative estimate of drug-likeness (QED) is 0.744. The summed E-state index contributed by atoms with van der Waals surface area (Å²) in [5, 5.41) is 11.4. The second-order valence-electron chi connectivity index (χ2n) is 6.09. The number of nitrogens with zero attached hydrogens (tertiary/aromatic N) is 1. The Hall–Kier alpha value is -3.22. The summed E-state index contributed by atoms with van der Waals surface area (Å²) in [5.41, 5.74) is 0.990. The van der Waals surface area contributed by atoms with Crippen molar-refractivity contribution in [2.75, 3.05) is 11.9 Å². The van der Waals surface area contributed by atoms with E-state index in [1.807, 2.05) is 30.3 Å². The van der Waals surface area contributed by atoms with Crippen molar-refractivity contribution in [2.45, 2.75) is 26.3 Å². The molecule has 142 valence electrons. The van der Waals surface area contributed by atoms with Crippen LogP contribution in [0.25, 0.3) is 0 Å². The van der Waals surface area contributed by atoms with Crippen molar-refractivity contribution >= 4 is 23.5 Å². The van der Waals surface area contributed by atoms with E-state index in [1.165, 1.54) is 24.0 Å². The third kappa shape index (κ3) is 6.22. The lowest BCUT2D eigenvalue weighted by Crippen LogP contribution is -2.32. The van der Waals surface area contributed by atoms with Gasteiger partial charge in [-0.2, -0.15) is 0 Å². The first-order valence-electron chi connectivity index (χ1n) is 8.49. The molecule has 0 aliphatic carbocycles. The number of hydrogen-bond acceptors (Lipinski definition) is 3. The first-order chi connectivity index (χ1) is 12.9. The van der Waals surface area contributed by atoms with E-state index in [0.29, 0.717) is 5.69 Å². The zero-order chi connectivity index (χ0) is 19.8. The number of carbonyl (C=O) groups excluding carboxylic acids is 2. The summed E-state index contributed by atoms with van der Waals surface area (Å²) >= 11 is 0. The summed E-state index contributed by atoms with van der Waals surface area (Å²) in [5.74, 6) is -2.55. The molecular formula is C20H21FN2O4. The fourth-order valence-electron chi connectivity index (χ4n) is 2.62. The highest BCUT2D eigenvalue weighted by atomic mass is 19.1. The molecule has 0 saturated carbocycles. The fraction of sp³-hybridized carbons (Fsp3) is 0.250. The van der Waals surface area contributed by atoms with E-state index in [2.05, 4.69) is 5.32 Å². The van der Waals surface area contributed by atoms with Crippen LogP contribution in [0.1, 0.15) is 35.7 Å². The number of anilines is 1. The minimum Gasteiger partial charge on any atom is -0.481 e. The van der Waals surface area contributed by atoms with Gasteiger partial charge in [0.15, 0.2) is 0 Å². The van der Waals surface area contributed by atoms with Crippen molar-refractivity contribution in [1.29, 1.82) is 0 Å². The van der Waals surface area contributed by atoms with Crippen LogP contribution >= 0.6 is 0 Å². The highest BCUT2D eigenvalue weighted by Gasteiger charge is 2.20. The molecule has 2 rings (SSSR count). The van der Waals surface area contributed by atoms with Crippen LogP contribution in [0.2, 0.25) is 0 Å². The molecule has 0 aliphatic rings. The second kappa shape index (κ2) is 9.47. The lowest BCUT2D eigenvalue weighted by molar-refractivity contribution is -0.137. The molecule has 0 fully saturated rings. The summed E-state index contributed by atoms with van der Waals surface area (Å²) in [6.07, 6.45) is 0.161. The molecule has 2 aromatic carbocycles. The van der Waals surface area contributed by atoms with Gasteiger partial charge >= 0.3 is 5.97 Å². The minimum absolute atomic E-state index is 0.0903. The summed E-state index contributed by atoms with van der Waals surface area (Å²) in [6.45, 7) is 1.71. The SMILES string of the molecule is CC(=O)Nc1ccc(F)c(C(=O)N(CCCC(=O)O)Cc2ccccc2)c1. The Bertz CT molecular complexity index is 824. The summed E-state index contributed by atoms with van der Waals surface area (Å²) in [4.78, 5) is 36.3. The van der Waals surface area contributed by atoms with E-state index in [-0.39, 0.29) is 37.4 Å². The molecule has 7 heteroatoms. The Balaban J connectivity index is 2.26. The Morgan fingerprint density at radius 1 is 1.11 bits per heavy atom. The van der Waals surface area contributed by atoms with Crippen LogP contribution in [0.3, 0.4) is 0 Å². The molecule has 0 spiro atoms. The van der Waals surface area contributed by atoms with E-state index in [9.17, 15) is 18.8 Å². The molecule has 0 aromatic heterocycles. The van der Waals surface area contributed by atoms with Gasteiger partial charge in [-0.3, -0.25) is 14.4 Å². The van der Waals surface area contributed by atoms with Crippen LogP contribution in [0.4, 0.5) is 10.1 Å². The van der Waals surface area contributed by atoms with Gasteiger partial charge < -0.3 is 15.3 Å². The molecule has 2 amide bonds. The summed E-state index contributed by atoms with van der Waals surface area (Å²) < 4.78 is 14.3. The molecule has 0 atom stereocenters. The zero-order valence-corrected chi connectivity index (χ0v) is 14.9. The highest BCUT2D eigenvalue weighted by Crippen LogP contribution is 2.19. The maximum Gasteiger partial charge on any atom is 0.303 e. The smallest absolute Gasteiger partial charge is 0.303 e. The third-order valence-corrected chi connectivity index (χ3v) is 3.84. The van der Waals surface area contributed by atoms with E-state index in [1.54, 1.807) is 0 Å². The van der Waals surface area contributed by atoms with Crippen LogP contribution < -0.4 is 5.32 Å². The van der Waals surface area contributed by atoms with Gasteiger partial charge in [0.1, 0.15) is 5.82 Å². The second-order valence-corrected chi connectivity index (χ2v) is 6.09. The molecule has 0 saturated heterocycles. The number of benzene rings is 2. The third-order valence-electron chi connectivity index (χ3n) is 3.84. The van der Waals surface area contributed by atoms with Crippen LogP contribution in [0.15, 0.2) is 48.5 Å². The predicted octanol–water partition coefficient (Wildman–Crippen LogP) is 3.29. The minimum atomic E-state index is -0.957. The lowest BCUT2D eigenvalue weighted by Gasteiger charge is -2.23. The van der Waals surface area contributed by atoms with Crippen molar-refractivity contribution in [2.24, 2.45) is 0 Å². The van der Waals surface area contributed by atoms with Gasteiger partial charge in [-0.25, -0.2) is 4.39 Å². The number of aliphatic carboxylic acids is 1. The molecule has 0 radical (unpaired) electrons. The standard InChI is InChI=1S/C20H21FN2O4/c1-14(24)22-16-9-10-18(21)17(12-16)20(27)23(11-5-8-19(25)26)13-15-6-3-2-4-7-15/h2-4,6-7,9-10,12H,5,8,11,13H2,1H3,(H,22,24)(H,25,26). The molecular weight excluding hydrogens is 351 g/mol. The average Bonchev–Trinajstić information content (AvgIpc) is 2.62. The van der Waals surface area contributed by atoms with Crippen LogP contribution in [0.5, 0.6) is 0 Å². The monoisotopic (exact) mass is 372 g/mol. The van der Waals surface area contributed by atoms with Gasteiger partial charge in [0.25, 0.3) is 5.91 Å². The van der Waals surface area contributed by atoms with Crippen molar-refractivity contribution in [3.63, 3.8) is 0 Å². The summed E-state index contributed by atoms with van der Waals surface area (Å²) in [6, 6.07) is 12.9. The number of carboxylic acids is 1. The summed E-state index contributed by atoms with van der Waals surface area (Å²) in [7, 11) is 0. The van der Waals surface area contributed by atoms with Crippen molar-refractivity contribution in [3.8, 4) is 0 Å². The van der Waals surface area contributed by atoms with Gasteiger partial charge in [0, 0.05) is 32.1 Å². The number of hydrogen-bond donors (Lipinski definition) is 2. The Morgan fingerprint density at radius 3 is 2.44 bits per heavy atom. The maximum atomic E-state index is 14.3. The Labute approximate surface area is 156 Å². The van der Waals surface area contributed by atoms with Crippen LogP contribution in [0, 0.1) is 5.82 Å². The Kier molecular flexibility index (Phi) is 7.05. The van der Waals surface area contributed by atoms with E-state index in [4.69, 9.17) is 5.11 Å². The van der Waals surface area contributed by atoms with Gasteiger partial charge in [-0.1, -0.05) is 30.3 Å². The number of amides is 2. The van der Waals surface area contributed by atoms with Gasteiger partial charge in [-0.05, 0) is 30.2 Å². The van der Waals surface area contributed by atoms with Gasteiger partial charge in [-0.15, -0.1) is 0 Å². The van der Waals surface area contributed by atoms with Gasteiger partial charge in [0.05, 0.1) is 5.56 Å². The Morgan fingerprint density at radius 2 is 1.81 bits per heavy atom. The lowest BCUT2D eigenvalue weighted by atomic mass is 10.1. The molecule has 0 unspecified atom stereocenters. The highest BCUT2D eigenvalue weighted by molar-refractivity contribution is 5.97. The number of carboxylic acid groups (broad SMARTS) is 1. The van der Waals surface area contributed by atoms with Crippen molar-refractivity contribution in [1.82, 2.24) is 4.90 Å². The number of halogens is 1. The molecule has 6 nitrogen and oxygen atoms in total. The molecule has 2 aromatic rings. The van der Waals surface area contributed by atoms with E-state index in [0.717, 1.165) is 11.6 Å². The maximum absolute atomic E-state index is 14.3. The molecule has 0 bridgehead atoms.